The molecule has 0 unspecified atom stereocenters. The second kappa shape index (κ2) is 6.96. The Kier molecular flexibility index (Phi) is 4.75. The molecule has 7 nitrogen and oxygen atoms in total. The van der Waals surface area contributed by atoms with Crippen LogP contribution in [0.1, 0.15) is 29.2 Å². The number of rotatable bonds is 4. The number of halogens is 1. The number of nitrogens with zero attached hydrogens (tertiary/aromatic N) is 4. The molecule has 0 spiro atoms. The number of aromatic nitrogens is 3. The molecule has 3 rings (SSSR count). The average molecular weight is 334 g/mol. The van der Waals surface area contributed by atoms with Gasteiger partial charge in [-0.2, -0.15) is 0 Å². The summed E-state index contributed by atoms with van der Waals surface area (Å²) in [5.74, 6) is -0.315. The number of carbonyl (C=O) groups excluding carboxylic acids is 1. The summed E-state index contributed by atoms with van der Waals surface area (Å²) in [4.78, 5) is 14.3. The first kappa shape index (κ1) is 16.4. The minimum atomic E-state index is -0.648. The summed E-state index contributed by atoms with van der Waals surface area (Å²) < 4.78 is 26.9. The van der Waals surface area contributed by atoms with E-state index in [4.69, 9.17) is 9.47 Å². The molecular formula is C16H19FN4O3. The van der Waals surface area contributed by atoms with Gasteiger partial charge in [0, 0.05) is 13.1 Å². The van der Waals surface area contributed by atoms with Crippen molar-refractivity contribution in [3.05, 3.63) is 41.7 Å². The third-order valence-electron chi connectivity index (χ3n) is 4.04. The molecule has 1 aromatic heterocycles. The van der Waals surface area contributed by atoms with Crippen molar-refractivity contribution < 1.29 is 18.7 Å². The average Bonchev–Trinajstić information content (AvgIpc) is 3.10. The number of morpholine rings is 1. The van der Waals surface area contributed by atoms with Crippen LogP contribution in [0.5, 0.6) is 5.75 Å². The maximum Gasteiger partial charge on any atom is 0.257 e. The number of benzene rings is 1. The van der Waals surface area contributed by atoms with Crippen LogP contribution in [-0.2, 0) is 11.3 Å². The lowest BCUT2D eigenvalue weighted by molar-refractivity contribution is -0.0285. The van der Waals surface area contributed by atoms with Gasteiger partial charge >= 0.3 is 0 Å². The fourth-order valence-corrected chi connectivity index (χ4v) is 2.75. The van der Waals surface area contributed by atoms with Crippen molar-refractivity contribution in [3.63, 3.8) is 0 Å². The maximum absolute atomic E-state index is 14.3. The van der Waals surface area contributed by atoms with Gasteiger partial charge in [0.05, 0.1) is 25.8 Å². The Morgan fingerprint density at radius 1 is 1.50 bits per heavy atom. The zero-order valence-electron chi connectivity index (χ0n) is 13.6. The van der Waals surface area contributed by atoms with Crippen LogP contribution in [0.4, 0.5) is 4.39 Å². The summed E-state index contributed by atoms with van der Waals surface area (Å²) in [6.07, 6.45) is 1.25. The Hall–Kier alpha value is -2.48. The first-order valence-corrected chi connectivity index (χ1v) is 7.76. The van der Waals surface area contributed by atoms with Crippen LogP contribution < -0.4 is 4.74 Å². The topological polar surface area (TPSA) is 69.5 Å². The molecule has 0 radical (unpaired) electrons. The van der Waals surface area contributed by atoms with Gasteiger partial charge in [0.15, 0.2) is 17.4 Å². The normalized spacial score (nSPS) is 17.8. The largest absolute Gasteiger partial charge is 0.494 e. The van der Waals surface area contributed by atoms with E-state index in [9.17, 15) is 9.18 Å². The van der Waals surface area contributed by atoms with Crippen LogP contribution in [0.15, 0.2) is 24.5 Å². The highest BCUT2D eigenvalue weighted by Gasteiger charge is 2.30. The summed E-state index contributed by atoms with van der Waals surface area (Å²) in [6.45, 7) is 3.74. The predicted molar refractivity (Wildman–Crippen MR) is 83.2 cm³/mol. The lowest BCUT2D eigenvalue weighted by atomic mass is 10.1. The highest BCUT2D eigenvalue weighted by atomic mass is 19.1. The Balaban J connectivity index is 1.81. The molecule has 128 valence electrons. The van der Waals surface area contributed by atoms with Crippen LogP contribution >= 0.6 is 0 Å². The van der Waals surface area contributed by atoms with Gasteiger partial charge < -0.3 is 18.9 Å². The number of aryl methyl sites for hydroxylation is 1. The van der Waals surface area contributed by atoms with Crippen molar-refractivity contribution in [2.75, 3.05) is 26.8 Å². The van der Waals surface area contributed by atoms with E-state index in [0.29, 0.717) is 32.1 Å². The zero-order valence-corrected chi connectivity index (χ0v) is 13.6. The molecule has 1 atom stereocenters. The number of hydrogen-bond donors (Lipinski definition) is 0. The van der Waals surface area contributed by atoms with Crippen molar-refractivity contribution in [1.29, 1.82) is 0 Å². The highest BCUT2D eigenvalue weighted by molar-refractivity contribution is 5.95. The van der Waals surface area contributed by atoms with E-state index in [1.807, 2.05) is 11.5 Å². The minimum Gasteiger partial charge on any atom is -0.494 e. The maximum atomic E-state index is 14.3. The first-order chi connectivity index (χ1) is 11.7. The van der Waals surface area contributed by atoms with E-state index in [1.54, 1.807) is 17.3 Å². The van der Waals surface area contributed by atoms with Crippen LogP contribution in [0.3, 0.4) is 0 Å². The van der Waals surface area contributed by atoms with Crippen LogP contribution in [0, 0.1) is 5.82 Å². The molecule has 1 saturated heterocycles. The Bertz CT molecular complexity index is 734. The molecule has 0 saturated carbocycles. The molecule has 2 aromatic rings. The molecule has 1 aliphatic rings. The molecule has 1 amide bonds. The minimum absolute atomic E-state index is 0.00745. The zero-order chi connectivity index (χ0) is 17.1. The van der Waals surface area contributed by atoms with Crippen molar-refractivity contribution in [2.45, 2.75) is 19.6 Å². The van der Waals surface area contributed by atoms with Gasteiger partial charge in [-0.3, -0.25) is 4.79 Å². The van der Waals surface area contributed by atoms with Crippen molar-refractivity contribution in [2.24, 2.45) is 0 Å². The first-order valence-electron chi connectivity index (χ1n) is 7.76. The molecule has 2 heterocycles. The van der Waals surface area contributed by atoms with E-state index >= 15 is 0 Å². The Labute approximate surface area is 139 Å². The molecule has 24 heavy (non-hydrogen) atoms. The van der Waals surface area contributed by atoms with Gasteiger partial charge in [0.1, 0.15) is 12.4 Å². The predicted octanol–water partition coefficient (Wildman–Crippen LogP) is 1.66. The van der Waals surface area contributed by atoms with Crippen LogP contribution in [0.2, 0.25) is 0 Å². The second-order valence-corrected chi connectivity index (χ2v) is 5.41. The van der Waals surface area contributed by atoms with Gasteiger partial charge in [0.25, 0.3) is 5.91 Å². The summed E-state index contributed by atoms with van der Waals surface area (Å²) in [6, 6.07) is 4.54. The summed E-state index contributed by atoms with van der Waals surface area (Å²) in [5.41, 5.74) is -0.00745. The molecule has 0 bridgehead atoms. The molecule has 8 heteroatoms. The molecule has 0 aliphatic carbocycles. The van der Waals surface area contributed by atoms with E-state index in [0.717, 1.165) is 0 Å². The van der Waals surface area contributed by atoms with E-state index in [1.165, 1.54) is 19.2 Å². The smallest absolute Gasteiger partial charge is 0.257 e. The SMILES string of the molecule is CCn1cnnc1[C@@H]1CN(C(=O)c2cccc(OC)c2F)CCO1. The van der Waals surface area contributed by atoms with Gasteiger partial charge in [-0.1, -0.05) is 6.07 Å². The summed E-state index contributed by atoms with van der Waals surface area (Å²) >= 11 is 0. The number of hydrogen-bond acceptors (Lipinski definition) is 5. The summed E-state index contributed by atoms with van der Waals surface area (Å²) in [5, 5.41) is 7.96. The molecule has 1 aliphatic heterocycles. The Morgan fingerprint density at radius 3 is 3.08 bits per heavy atom. The second-order valence-electron chi connectivity index (χ2n) is 5.41. The number of methoxy groups -OCH3 is 1. The van der Waals surface area contributed by atoms with Gasteiger partial charge in [-0.05, 0) is 19.1 Å². The Morgan fingerprint density at radius 2 is 2.33 bits per heavy atom. The van der Waals surface area contributed by atoms with Crippen molar-refractivity contribution in [1.82, 2.24) is 19.7 Å². The van der Waals surface area contributed by atoms with E-state index in [-0.39, 0.29) is 23.3 Å². The monoisotopic (exact) mass is 334 g/mol. The molecule has 1 aromatic carbocycles. The van der Waals surface area contributed by atoms with Gasteiger partial charge in [-0.25, -0.2) is 4.39 Å². The van der Waals surface area contributed by atoms with E-state index < -0.39 is 5.82 Å². The fraction of sp³-hybridized carbons (Fsp3) is 0.438. The third kappa shape index (κ3) is 2.96. The number of ether oxygens (including phenoxy) is 2. The van der Waals surface area contributed by atoms with E-state index in [2.05, 4.69) is 10.2 Å². The standard InChI is InChI=1S/C16H19FN4O3/c1-3-20-10-18-19-15(20)13-9-21(7-8-24-13)16(22)11-5-4-6-12(23-2)14(11)17/h4-6,10,13H,3,7-9H2,1-2H3/t13-/m0/s1. The lowest BCUT2D eigenvalue weighted by Crippen LogP contribution is -2.43. The third-order valence-corrected chi connectivity index (χ3v) is 4.04. The van der Waals surface area contributed by atoms with Gasteiger partial charge in [0.2, 0.25) is 0 Å². The van der Waals surface area contributed by atoms with Crippen molar-refractivity contribution >= 4 is 5.91 Å². The summed E-state index contributed by atoms with van der Waals surface area (Å²) in [7, 11) is 1.37. The highest BCUT2D eigenvalue weighted by Crippen LogP contribution is 2.25. The lowest BCUT2D eigenvalue weighted by Gasteiger charge is -2.32. The van der Waals surface area contributed by atoms with Crippen LogP contribution in [-0.4, -0.2) is 52.4 Å². The number of carbonyl (C=O) groups is 1. The fourth-order valence-electron chi connectivity index (χ4n) is 2.75. The molecule has 1 fully saturated rings. The molecular weight excluding hydrogens is 315 g/mol. The molecule has 0 N–H and O–H groups in total. The number of amides is 1. The van der Waals surface area contributed by atoms with Gasteiger partial charge in [-0.15, -0.1) is 10.2 Å². The van der Waals surface area contributed by atoms with Crippen molar-refractivity contribution in [3.8, 4) is 5.75 Å². The quantitative estimate of drug-likeness (QED) is 0.850. The van der Waals surface area contributed by atoms with Crippen LogP contribution in [0.25, 0.3) is 0 Å².